The quantitative estimate of drug-likeness (QED) is 0.744. The van der Waals surface area contributed by atoms with Gasteiger partial charge in [0, 0.05) is 12.6 Å². The van der Waals surface area contributed by atoms with Crippen LogP contribution in [-0.2, 0) is 5.41 Å². The standard InChI is InChI=1S/C12H12F3N3O/c13-12(14,15)11(3-4-16-6-11)10-17-8-2-1-7(19)5-9(8)18-10/h1-2,5,16,19H,3-4,6H2,(H,17,18). The number of phenolic OH excluding ortho intramolecular Hbond substituents is 1. The average molecular weight is 271 g/mol. The molecule has 19 heavy (non-hydrogen) atoms. The minimum absolute atomic E-state index is 0.00620. The van der Waals surface area contributed by atoms with Crippen LogP contribution in [0.5, 0.6) is 5.75 Å². The maximum atomic E-state index is 13.4. The van der Waals surface area contributed by atoms with Gasteiger partial charge in [-0.25, -0.2) is 4.98 Å². The van der Waals surface area contributed by atoms with Gasteiger partial charge in [0.15, 0.2) is 0 Å². The summed E-state index contributed by atoms with van der Waals surface area (Å²) in [5.74, 6) is -0.0982. The lowest BCUT2D eigenvalue weighted by Gasteiger charge is -2.28. The first kappa shape index (κ1) is 12.3. The Labute approximate surface area is 106 Å². The minimum Gasteiger partial charge on any atom is -0.508 e. The van der Waals surface area contributed by atoms with Crippen molar-refractivity contribution < 1.29 is 18.3 Å². The molecule has 1 aromatic heterocycles. The Bertz CT molecular complexity index is 614. The fraction of sp³-hybridized carbons (Fsp3) is 0.417. The van der Waals surface area contributed by atoms with Gasteiger partial charge < -0.3 is 15.4 Å². The zero-order valence-corrected chi connectivity index (χ0v) is 9.88. The molecule has 1 aliphatic heterocycles. The van der Waals surface area contributed by atoms with E-state index in [2.05, 4.69) is 15.3 Å². The van der Waals surface area contributed by atoms with Crippen LogP contribution in [0.2, 0.25) is 0 Å². The van der Waals surface area contributed by atoms with Gasteiger partial charge in [0.05, 0.1) is 11.0 Å². The summed E-state index contributed by atoms with van der Waals surface area (Å²) in [6.07, 6.45) is -4.41. The zero-order valence-electron chi connectivity index (χ0n) is 9.88. The van der Waals surface area contributed by atoms with Gasteiger partial charge in [-0.3, -0.25) is 0 Å². The highest BCUT2D eigenvalue weighted by Crippen LogP contribution is 2.44. The SMILES string of the molecule is Oc1ccc2nc(C3(C(F)(F)F)CCNC3)[nH]c2c1. The lowest BCUT2D eigenvalue weighted by Crippen LogP contribution is -2.45. The van der Waals surface area contributed by atoms with Crippen LogP contribution in [0.25, 0.3) is 11.0 Å². The molecule has 0 amide bonds. The van der Waals surface area contributed by atoms with Crippen molar-refractivity contribution in [3.63, 3.8) is 0 Å². The Morgan fingerprint density at radius 2 is 2.11 bits per heavy atom. The second-order valence-electron chi connectivity index (χ2n) is 4.79. The van der Waals surface area contributed by atoms with Crippen LogP contribution < -0.4 is 5.32 Å². The summed E-state index contributed by atoms with van der Waals surface area (Å²) in [5.41, 5.74) is -1.14. The monoisotopic (exact) mass is 271 g/mol. The van der Waals surface area contributed by atoms with Gasteiger partial charge in [-0.05, 0) is 25.1 Å². The van der Waals surface area contributed by atoms with Gasteiger partial charge in [0.1, 0.15) is 17.0 Å². The smallest absolute Gasteiger partial charge is 0.402 e. The van der Waals surface area contributed by atoms with E-state index >= 15 is 0 Å². The molecule has 102 valence electrons. The summed E-state index contributed by atoms with van der Waals surface area (Å²) >= 11 is 0. The zero-order chi connectivity index (χ0) is 13.7. The third-order valence-electron chi connectivity index (χ3n) is 3.62. The van der Waals surface area contributed by atoms with E-state index in [1.54, 1.807) is 0 Å². The van der Waals surface area contributed by atoms with Gasteiger partial charge in [-0.1, -0.05) is 0 Å². The van der Waals surface area contributed by atoms with E-state index in [0.717, 1.165) is 0 Å². The summed E-state index contributed by atoms with van der Waals surface area (Å²) in [5, 5.41) is 12.1. The lowest BCUT2D eigenvalue weighted by molar-refractivity contribution is -0.186. The van der Waals surface area contributed by atoms with Crippen LogP contribution in [0.3, 0.4) is 0 Å². The fourth-order valence-electron chi connectivity index (χ4n) is 2.49. The molecule has 7 heteroatoms. The normalized spacial score (nSPS) is 24.2. The first-order chi connectivity index (χ1) is 8.92. The molecule has 1 atom stereocenters. The highest BCUT2D eigenvalue weighted by atomic mass is 19.4. The minimum atomic E-state index is -4.37. The summed E-state index contributed by atoms with van der Waals surface area (Å²) in [6, 6.07) is 4.27. The van der Waals surface area contributed by atoms with Crippen LogP contribution in [0, 0.1) is 0 Å². The van der Waals surface area contributed by atoms with Crippen LogP contribution in [0.4, 0.5) is 13.2 Å². The van der Waals surface area contributed by atoms with Crippen LogP contribution in [0.1, 0.15) is 12.2 Å². The molecule has 1 unspecified atom stereocenters. The number of imidazole rings is 1. The Hall–Kier alpha value is -1.76. The fourth-order valence-corrected chi connectivity index (χ4v) is 2.49. The molecular weight excluding hydrogens is 259 g/mol. The Morgan fingerprint density at radius 3 is 2.74 bits per heavy atom. The first-order valence-electron chi connectivity index (χ1n) is 5.89. The van der Waals surface area contributed by atoms with E-state index in [1.807, 2.05) is 0 Å². The number of phenols is 1. The number of rotatable bonds is 1. The molecule has 4 nitrogen and oxygen atoms in total. The summed E-state index contributed by atoms with van der Waals surface area (Å²) in [6.45, 7) is 0.129. The molecule has 2 heterocycles. The topological polar surface area (TPSA) is 60.9 Å². The molecule has 0 radical (unpaired) electrons. The van der Waals surface area contributed by atoms with Crippen molar-refractivity contribution in [2.45, 2.75) is 18.0 Å². The number of fused-ring (bicyclic) bond motifs is 1. The van der Waals surface area contributed by atoms with Gasteiger partial charge in [-0.2, -0.15) is 13.2 Å². The molecular formula is C12H12F3N3O. The van der Waals surface area contributed by atoms with Crippen LogP contribution >= 0.6 is 0 Å². The van der Waals surface area contributed by atoms with E-state index < -0.39 is 11.6 Å². The van der Waals surface area contributed by atoms with Gasteiger partial charge >= 0.3 is 6.18 Å². The largest absolute Gasteiger partial charge is 0.508 e. The number of aromatic nitrogens is 2. The van der Waals surface area contributed by atoms with Gasteiger partial charge in [0.25, 0.3) is 0 Å². The van der Waals surface area contributed by atoms with Crippen LogP contribution in [-0.4, -0.2) is 34.3 Å². The van der Waals surface area contributed by atoms with Crippen LogP contribution in [0.15, 0.2) is 18.2 Å². The maximum Gasteiger partial charge on any atom is 0.402 e. The number of aromatic amines is 1. The van der Waals surface area contributed by atoms with Crippen molar-refractivity contribution in [2.24, 2.45) is 0 Å². The van der Waals surface area contributed by atoms with Gasteiger partial charge in [-0.15, -0.1) is 0 Å². The molecule has 1 fully saturated rings. The molecule has 0 spiro atoms. The Balaban J connectivity index is 2.16. The van der Waals surface area contributed by atoms with Crippen molar-refractivity contribution in [1.82, 2.24) is 15.3 Å². The third kappa shape index (κ3) is 1.76. The molecule has 1 aliphatic rings. The lowest BCUT2D eigenvalue weighted by atomic mass is 9.85. The number of benzene rings is 1. The van der Waals surface area contributed by atoms with E-state index in [0.29, 0.717) is 17.6 Å². The summed E-state index contributed by atoms with van der Waals surface area (Å²) in [4.78, 5) is 6.74. The predicted octanol–water partition coefficient (Wildman–Crippen LogP) is 2.06. The van der Waals surface area contributed by atoms with E-state index in [4.69, 9.17) is 0 Å². The number of nitrogens with one attached hydrogen (secondary N) is 2. The number of hydrogen-bond donors (Lipinski definition) is 3. The van der Waals surface area contributed by atoms with Gasteiger partial charge in [0.2, 0.25) is 0 Å². The van der Waals surface area contributed by atoms with E-state index in [-0.39, 0.29) is 24.5 Å². The van der Waals surface area contributed by atoms with E-state index in [1.165, 1.54) is 18.2 Å². The number of halogens is 3. The molecule has 0 bridgehead atoms. The number of alkyl halides is 3. The van der Waals surface area contributed by atoms with Crippen molar-refractivity contribution in [3.8, 4) is 5.75 Å². The highest BCUT2D eigenvalue weighted by Gasteiger charge is 2.59. The Kier molecular flexibility index (Phi) is 2.50. The van der Waals surface area contributed by atoms with Crippen molar-refractivity contribution in [2.75, 3.05) is 13.1 Å². The number of H-pyrrole nitrogens is 1. The number of aromatic hydroxyl groups is 1. The average Bonchev–Trinajstić information content (AvgIpc) is 2.93. The predicted molar refractivity (Wildman–Crippen MR) is 63.0 cm³/mol. The molecule has 0 saturated carbocycles. The molecule has 1 saturated heterocycles. The molecule has 3 N–H and O–H groups in total. The molecule has 3 rings (SSSR count). The maximum absolute atomic E-state index is 13.4. The summed E-state index contributed by atoms with van der Waals surface area (Å²) < 4.78 is 40.1. The molecule has 0 aliphatic carbocycles. The van der Waals surface area contributed by atoms with E-state index in [9.17, 15) is 18.3 Å². The van der Waals surface area contributed by atoms with Crippen molar-refractivity contribution >= 4 is 11.0 Å². The number of nitrogens with zero attached hydrogens (tertiary/aromatic N) is 1. The Morgan fingerprint density at radius 1 is 1.32 bits per heavy atom. The van der Waals surface area contributed by atoms with Crippen molar-refractivity contribution in [3.05, 3.63) is 24.0 Å². The second kappa shape index (κ2) is 3.86. The third-order valence-corrected chi connectivity index (χ3v) is 3.62. The number of hydrogen-bond acceptors (Lipinski definition) is 3. The second-order valence-corrected chi connectivity index (χ2v) is 4.79. The highest BCUT2D eigenvalue weighted by molar-refractivity contribution is 5.77. The van der Waals surface area contributed by atoms with Crippen molar-refractivity contribution in [1.29, 1.82) is 0 Å². The summed E-state index contributed by atoms with van der Waals surface area (Å²) in [7, 11) is 0. The molecule has 1 aromatic carbocycles. The molecule has 2 aromatic rings. The first-order valence-corrected chi connectivity index (χ1v) is 5.89.